The molecule has 1 saturated carbocycles. The van der Waals surface area contributed by atoms with Crippen molar-refractivity contribution in [1.29, 1.82) is 0 Å². The van der Waals surface area contributed by atoms with Crippen LogP contribution in [0.4, 0.5) is 0 Å². The van der Waals surface area contributed by atoms with Crippen LogP contribution in [0.25, 0.3) is 0 Å². The van der Waals surface area contributed by atoms with Gasteiger partial charge < -0.3 is 5.32 Å². The van der Waals surface area contributed by atoms with Gasteiger partial charge in [0.2, 0.25) is 0 Å². The average molecular weight is 141 g/mol. The van der Waals surface area contributed by atoms with E-state index in [1.807, 2.05) is 0 Å². The molecule has 0 aromatic heterocycles. The summed E-state index contributed by atoms with van der Waals surface area (Å²) in [7, 11) is 0. The lowest BCUT2D eigenvalue weighted by Gasteiger charge is -2.05. The quantitative estimate of drug-likeness (QED) is 0.630. The SMILES string of the molecule is CC(C)CNCC1CC1C. The second kappa shape index (κ2) is 3.38. The first-order valence-corrected chi connectivity index (χ1v) is 4.41. The summed E-state index contributed by atoms with van der Waals surface area (Å²) in [6.45, 7) is 9.27. The molecule has 1 fully saturated rings. The van der Waals surface area contributed by atoms with E-state index in [1.165, 1.54) is 19.5 Å². The Bertz CT molecular complexity index is 98.9. The summed E-state index contributed by atoms with van der Waals surface area (Å²) in [5.41, 5.74) is 0. The highest BCUT2D eigenvalue weighted by atomic mass is 14.9. The zero-order chi connectivity index (χ0) is 7.56. The van der Waals surface area contributed by atoms with Crippen molar-refractivity contribution in [1.82, 2.24) is 5.32 Å². The van der Waals surface area contributed by atoms with Crippen LogP contribution in [0.1, 0.15) is 27.2 Å². The highest BCUT2D eigenvalue weighted by molar-refractivity contribution is 4.83. The molecule has 2 atom stereocenters. The molecule has 0 spiro atoms. The molecule has 1 N–H and O–H groups in total. The Morgan fingerprint density at radius 3 is 2.50 bits per heavy atom. The van der Waals surface area contributed by atoms with Crippen LogP contribution in [-0.2, 0) is 0 Å². The van der Waals surface area contributed by atoms with Crippen molar-refractivity contribution in [3.05, 3.63) is 0 Å². The summed E-state index contributed by atoms with van der Waals surface area (Å²) in [6, 6.07) is 0. The highest BCUT2D eigenvalue weighted by Gasteiger charge is 2.31. The fourth-order valence-corrected chi connectivity index (χ4v) is 1.24. The van der Waals surface area contributed by atoms with Crippen LogP contribution in [0.15, 0.2) is 0 Å². The second-order valence-corrected chi connectivity index (χ2v) is 4.03. The van der Waals surface area contributed by atoms with Gasteiger partial charge in [-0.1, -0.05) is 20.8 Å². The summed E-state index contributed by atoms with van der Waals surface area (Å²) in [5, 5.41) is 3.48. The molecule has 0 saturated heterocycles. The summed E-state index contributed by atoms with van der Waals surface area (Å²) >= 11 is 0. The molecule has 2 unspecified atom stereocenters. The van der Waals surface area contributed by atoms with Gasteiger partial charge in [-0.25, -0.2) is 0 Å². The van der Waals surface area contributed by atoms with E-state index in [0.29, 0.717) is 0 Å². The van der Waals surface area contributed by atoms with Gasteiger partial charge in [-0.15, -0.1) is 0 Å². The summed E-state index contributed by atoms with van der Waals surface area (Å²) in [6.07, 6.45) is 1.45. The van der Waals surface area contributed by atoms with Gasteiger partial charge in [-0.05, 0) is 37.3 Å². The Kier molecular flexibility index (Phi) is 2.72. The first-order chi connectivity index (χ1) is 4.70. The number of hydrogen-bond donors (Lipinski definition) is 1. The van der Waals surface area contributed by atoms with E-state index >= 15 is 0 Å². The van der Waals surface area contributed by atoms with Gasteiger partial charge in [-0.2, -0.15) is 0 Å². The smallest absolute Gasteiger partial charge is 0.00178 e. The molecule has 0 aromatic carbocycles. The Morgan fingerprint density at radius 1 is 1.50 bits per heavy atom. The highest BCUT2D eigenvalue weighted by Crippen LogP contribution is 2.36. The van der Waals surface area contributed by atoms with Crippen molar-refractivity contribution in [3.63, 3.8) is 0 Å². The molecule has 1 aliphatic rings. The average Bonchev–Trinajstić information content (AvgIpc) is 2.46. The lowest BCUT2D eigenvalue weighted by molar-refractivity contribution is 0.527. The number of rotatable bonds is 4. The predicted molar refractivity (Wildman–Crippen MR) is 45.0 cm³/mol. The summed E-state index contributed by atoms with van der Waals surface area (Å²) in [4.78, 5) is 0. The van der Waals surface area contributed by atoms with Crippen molar-refractivity contribution in [3.8, 4) is 0 Å². The molecule has 0 aliphatic heterocycles. The molecule has 0 radical (unpaired) electrons. The fourth-order valence-electron chi connectivity index (χ4n) is 1.24. The molecule has 0 bridgehead atoms. The summed E-state index contributed by atoms with van der Waals surface area (Å²) < 4.78 is 0. The molecular weight excluding hydrogens is 122 g/mol. The van der Waals surface area contributed by atoms with Crippen molar-refractivity contribution >= 4 is 0 Å². The van der Waals surface area contributed by atoms with Crippen LogP contribution < -0.4 is 5.32 Å². The van der Waals surface area contributed by atoms with E-state index in [1.54, 1.807) is 0 Å². The fraction of sp³-hybridized carbons (Fsp3) is 1.00. The predicted octanol–water partition coefficient (Wildman–Crippen LogP) is 1.89. The van der Waals surface area contributed by atoms with Crippen molar-refractivity contribution in [2.75, 3.05) is 13.1 Å². The molecule has 60 valence electrons. The largest absolute Gasteiger partial charge is 0.316 e. The zero-order valence-corrected chi connectivity index (χ0v) is 7.35. The van der Waals surface area contributed by atoms with Gasteiger partial charge in [0.25, 0.3) is 0 Å². The van der Waals surface area contributed by atoms with Gasteiger partial charge in [0, 0.05) is 0 Å². The third-order valence-electron chi connectivity index (χ3n) is 2.24. The van der Waals surface area contributed by atoms with Crippen molar-refractivity contribution in [2.45, 2.75) is 27.2 Å². The van der Waals surface area contributed by atoms with Gasteiger partial charge in [0.05, 0.1) is 0 Å². The van der Waals surface area contributed by atoms with Crippen LogP contribution in [-0.4, -0.2) is 13.1 Å². The van der Waals surface area contributed by atoms with Gasteiger partial charge in [0.15, 0.2) is 0 Å². The Morgan fingerprint density at radius 2 is 2.10 bits per heavy atom. The van der Waals surface area contributed by atoms with E-state index in [0.717, 1.165) is 17.8 Å². The van der Waals surface area contributed by atoms with Crippen LogP contribution in [0.3, 0.4) is 0 Å². The van der Waals surface area contributed by atoms with Crippen LogP contribution in [0.2, 0.25) is 0 Å². The Hall–Kier alpha value is -0.0400. The van der Waals surface area contributed by atoms with Crippen LogP contribution >= 0.6 is 0 Å². The van der Waals surface area contributed by atoms with E-state index in [2.05, 4.69) is 26.1 Å². The first-order valence-electron chi connectivity index (χ1n) is 4.41. The van der Waals surface area contributed by atoms with Crippen molar-refractivity contribution < 1.29 is 0 Å². The minimum Gasteiger partial charge on any atom is -0.316 e. The van der Waals surface area contributed by atoms with E-state index < -0.39 is 0 Å². The van der Waals surface area contributed by atoms with Gasteiger partial charge in [-0.3, -0.25) is 0 Å². The lowest BCUT2D eigenvalue weighted by Crippen LogP contribution is -2.22. The van der Waals surface area contributed by atoms with Crippen LogP contribution in [0.5, 0.6) is 0 Å². The first kappa shape index (κ1) is 8.06. The van der Waals surface area contributed by atoms with Crippen molar-refractivity contribution in [2.24, 2.45) is 17.8 Å². The molecule has 1 rings (SSSR count). The monoisotopic (exact) mass is 141 g/mol. The van der Waals surface area contributed by atoms with Crippen LogP contribution in [0, 0.1) is 17.8 Å². The Labute approximate surface area is 64.2 Å². The molecule has 1 nitrogen and oxygen atoms in total. The molecule has 10 heavy (non-hydrogen) atoms. The topological polar surface area (TPSA) is 12.0 Å². The third-order valence-corrected chi connectivity index (χ3v) is 2.24. The maximum absolute atomic E-state index is 3.48. The maximum atomic E-state index is 3.48. The molecule has 1 aliphatic carbocycles. The minimum absolute atomic E-state index is 0.800. The molecule has 0 heterocycles. The van der Waals surface area contributed by atoms with E-state index in [4.69, 9.17) is 0 Å². The van der Waals surface area contributed by atoms with Gasteiger partial charge >= 0.3 is 0 Å². The van der Waals surface area contributed by atoms with Gasteiger partial charge in [0.1, 0.15) is 0 Å². The minimum atomic E-state index is 0.800. The molecular formula is C9H19N. The molecule has 0 amide bonds. The third kappa shape index (κ3) is 2.70. The normalized spacial score (nSPS) is 31.2. The molecule has 1 heteroatoms. The summed E-state index contributed by atoms with van der Waals surface area (Å²) in [5.74, 6) is 2.80. The number of hydrogen-bond acceptors (Lipinski definition) is 1. The zero-order valence-electron chi connectivity index (χ0n) is 7.35. The van der Waals surface area contributed by atoms with E-state index in [-0.39, 0.29) is 0 Å². The lowest BCUT2D eigenvalue weighted by atomic mass is 10.2. The maximum Gasteiger partial charge on any atom is -0.00178 e. The second-order valence-electron chi connectivity index (χ2n) is 4.03. The molecule has 0 aromatic rings. The number of nitrogens with one attached hydrogen (secondary N) is 1. The Balaban J connectivity index is 1.87. The standard InChI is InChI=1S/C9H19N/c1-7(2)5-10-6-9-4-8(9)3/h7-10H,4-6H2,1-3H3. The van der Waals surface area contributed by atoms with E-state index in [9.17, 15) is 0 Å².